The zero-order chi connectivity index (χ0) is 17.8. The Hall–Kier alpha value is -2.90. The third-order valence-corrected chi connectivity index (χ3v) is 3.90. The molecule has 25 heavy (non-hydrogen) atoms. The summed E-state index contributed by atoms with van der Waals surface area (Å²) >= 11 is 0. The molecule has 0 amide bonds. The zero-order valence-electron chi connectivity index (χ0n) is 13.6. The second-order valence-corrected chi connectivity index (χ2v) is 5.79. The quantitative estimate of drug-likeness (QED) is 0.733. The lowest BCUT2D eigenvalue weighted by atomic mass is 10.2. The van der Waals surface area contributed by atoms with E-state index < -0.39 is 11.6 Å². The Morgan fingerprint density at radius 2 is 2.08 bits per heavy atom. The van der Waals surface area contributed by atoms with E-state index in [2.05, 4.69) is 20.4 Å². The Morgan fingerprint density at radius 3 is 2.72 bits per heavy atom. The molecule has 1 saturated carbocycles. The van der Waals surface area contributed by atoms with E-state index in [0.29, 0.717) is 5.92 Å². The van der Waals surface area contributed by atoms with Crippen LogP contribution in [-0.4, -0.2) is 16.6 Å². The standard InChI is InChI=1S/C17H17F2N5O/c1-10-14(18)4-5-15(16(10)19)21-8-13(24-20)9-25-17-22-6-12(7-23-17)11-2-3-11/h4-8,11,20-21H,2-3,9H2,1H3/b13-8-,24-20?. The molecule has 1 heterocycles. The molecular formula is C17H17F2N5O. The van der Waals surface area contributed by atoms with E-state index in [4.69, 9.17) is 10.3 Å². The number of ether oxygens (including phenoxy) is 1. The van der Waals surface area contributed by atoms with Crippen LogP contribution in [0.3, 0.4) is 0 Å². The van der Waals surface area contributed by atoms with Gasteiger partial charge in [0.1, 0.15) is 18.1 Å². The molecule has 0 bridgehead atoms. The summed E-state index contributed by atoms with van der Waals surface area (Å²) in [5, 5.41) is 5.98. The fraction of sp³-hybridized carbons (Fsp3) is 0.294. The summed E-state index contributed by atoms with van der Waals surface area (Å²) in [6, 6.07) is 2.62. The lowest BCUT2D eigenvalue weighted by Gasteiger charge is -2.08. The van der Waals surface area contributed by atoms with Crippen LogP contribution in [0.5, 0.6) is 6.01 Å². The molecule has 3 rings (SSSR count). The Labute approximate surface area is 143 Å². The predicted molar refractivity (Wildman–Crippen MR) is 87.5 cm³/mol. The van der Waals surface area contributed by atoms with E-state index in [1.807, 2.05) is 0 Å². The maximum atomic E-state index is 13.9. The van der Waals surface area contributed by atoms with Gasteiger partial charge in [0.15, 0.2) is 5.82 Å². The highest BCUT2D eigenvalue weighted by Gasteiger charge is 2.24. The van der Waals surface area contributed by atoms with Crippen molar-refractivity contribution in [3.05, 3.63) is 59.2 Å². The molecule has 0 saturated heterocycles. The minimum absolute atomic E-state index is 0.0545. The van der Waals surface area contributed by atoms with Gasteiger partial charge in [0.25, 0.3) is 0 Å². The number of rotatable bonds is 7. The summed E-state index contributed by atoms with van der Waals surface area (Å²) in [4.78, 5) is 8.23. The minimum atomic E-state index is -0.694. The van der Waals surface area contributed by atoms with Crippen molar-refractivity contribution < 1.29 is 13.5 Å². The third kappa shape index (κ3) is 4.14. The SMILES string of the molecule is Cc1c(F)ccc(N/C=C(/COc2ncc(C3CC3)cn2)N=N)c1F. The summed E-state index contributed by atoms with van der Waals surface area (Å²) in [6.07, 6.45) is 7.12. The first-order valence-electron chi connectivity index (χ1n) is 7.81. The number of benzene rings is 1. The third-order valence-electron chi connectivity index (χ3n) is 3.90. The van der Waals surface area contributed by atoms with Gasteiger partial charge < -0.3 is 10.1 Å². The van der Waals surface area contributed by atoms with Gasteiger partial charge in [-0.05, 0) is 43.4 Å². The molecule has 0 unspecified atom stereocenters. The smallest absolute Gasteiger partial charge is 0.316 e. The van der Waals surface area contributed by atoms with Crippen LogP contribution in [0.25, 0.3) is 0 Å². The fourth-order valence-electron chi connectivity index (χ4n) is 2.21. The van der Waals surface area contributed by atoms with Crippen LogP contribution < -0.4 is 10.1 Å². The molecule has 1 aliphatic carbocycles. The monoisotopic (exact) mass is 345 g/mol. The Bertz CT molecular complexity index is 803. The average molecular weight is 345 g/mol. The molecular weight excluding hydrogens is 328 g/mol. The first-order chi connectivity index (χ1) is 12.1. The number of aromatic nitrogens is 2. The topological polar surface area (TPSA) is 83.2 Å². The van der Waals surface area contributed by atoms with Gasteiger partial charge in [-0.1, -0.05) is 0 Å². The molecule has 8 heteroatoms. The molecule has 2 N–H and O–H groups in total. The van der Waals surface area contributed by atoms with Crippen LogP contribution in [0.15, 0.2) is 41.5 Å². The number of nitrogens with zero attached hydrogens (tertiary/aromatic N) is 3. The van der Waals surface area contributed by atoms with Crippen molar-refractivity contribution in [2.24, 2.45) is 5.11 Å². The molecule has 1 aliphatic rings. The maximum Gasteiger partial charge on any atom is 0.316 e. The number of hydrogen-bond donors (Lipinski definition) is 2. The fourth-order valence-corrected chi connectivity index (χ4v) is 2.21. The van der Waals surface area contributed by atoms with Crippen LogP contribution in [0.1, 0.15) is 29.9 Å². The molecule has 0 radical (unpaired) electrons. The second kappa shape index (κ2) is 7.33. The summed E-state index contributed by atoms with van der Waals surface area (Å²) in [5.41, 5.74) is 8.47. The highest BCUT2D eigenvalue weighted by atomic mass is 19.1. The first-order valence-corrected chi connectivity index (χ1v) is 7.81. The first kappa shape index (κ1) is 16.9. The molecule has 0 atom stereocenters. The zero-order valence-corrected chi connectivity index (χ0v) is 13.6. The normalized spacial score (nSPS) is 14.3. The average Bonchev–Trinajstić information content (AvgIpc) is 3.47. The summed E-state index contributed by atoms with van der Waals surface area (Å²) in [7, 11) is 0. The largest absolute Gasteiger partial charge is 0.457 e. The molecule has 1 aromatic carbocycles. The van der Waals surface area contributed by atoms with Crippen LogP contribution in [-0.2, 0) is 0 Å². The maximum absolute atomic E-state index is 13.9. The minimum Gasteiger partial charge on any atom is -0.457 e. The molecule has 1 fully saturated rings. The summed E-state index contributed by atoms with van der Waals surface area (Å²) in [6.45, 7) is 1.29. The van der Waals surface area contributed by atoms with Crippen molar-refractivity contribution in [1.29, 1.82) is 5.53 Å². The van der Waals surface area contributed by atoms with E-state index >= 15 is 0 Å². The molecule has 0 spiro atoms. The highest BCUT2D eigenvalue weighted by molar-refractivity contribution is 5.50. The van der Waals surface area contributed by atoms with Crippen LogP contribution in [0, 0.1) is 24.1 Å². The van der Waals surface area contributed by atoms with E-state index in [-0.39, 0.29) is 29.6 Å². The molecule has 130 valence electrons. The molecule has 0 aliphatic heterocycles. The number of nitrogens with one attached hydrogen (secondary N) is 2. The van der Waals surface area contributed by atoms with E-state index in [0.717, 1.165) is 11.6 Å². The number of hydrogen-bond acceptors (Lipinski definition) is 6. The van der Waals surface area contributed by atoms with E-state index in [9.17, 15) is 8.78 Å². The van der Waals surface area contributed by atoms with Crippen LogP contribution >= 0.6 is 0 Å². The number of anilines is 1. The van der Waals surface area contributed by atoms with Crippen molar-refractivity contribution in [1.82, 2.24) is 9.97 Å². The van der Waals surface area contributed by atoms with E-state index in [1.165, 1.54) is 32.0 Å². The van der Waals surface area contributed by atoms with Gasteiger partial charge in [0.05, 0.1) is 5.69 Å². The van der Waals surface area contributed by atoms with Crippen molar-refractivity contribution in [2.45, 2.75) is 25.7 Å². The number of halogens is 2. The van der Waals surface area contributed by atoms with Gasteiger partial charge in [-0.15, -0.1) is 0 Å². The molecule has 6 nitrogen and oxygen atoms in total. The molecule has 1 aromatic heterocycles. The van der Waals surface area contributed by atoms with Gasteiger partial charge in [-0.25, -0.2) is 24.3 Å². The summed E-state index contributed by atoms with van der Waals surface area (Å²) < 4.78 is 32.5. The lowest BCUT2D eigenvalue weighted by molar-refractivity contribution is 0.320. The highest BCUT2D eigenvalue weighted by Crippen LogP contribution is 2.39. The Morgan fingerprint density at radius 1 is 1.36 bits per heavy atom. The molecule has 2 aromatic rings. The van der Waals surface area contributed by atoms with Crippen molar-refractivity contribution >= 4 is 5.69 Å². The predicted octanol–water partition coefficient (Wildman–Crippen LogP) is 4.30. The van der Waals surface area contributed by atoms with Crippen LogP contribution in [0.2, 0.25) is 0 Å². The van der Waals surface area contributed by atoms with Gasteiger partial charge in [-0.2, -0.15) is 5.11 Å². The van der Waals surface area contributed by atoms with Gasteiger partial charge in [-0.3, -0.25) is 0 Å². The lowest BCUT2D eigenvalue weighted by Crippen LogP contribution is -2.05. The van der Waals surface area contributed by atoms with Gasteiger partial charge >= 0.3 is 6.01 Å². The van der Waals surface area contributed by atoms with Gasteiger partial charge in [0.2, 0.25) is 0 Å². The van der Waals surface area contributed by atoms with Crippen molar-refractivity contribution in [3.63, 3.8) is 0 Å². The Balaban J connectivity index is 1.60. The Kier molecular flexibility index (Phi) is 4.97. The van der Waals surface area contributed by atoms with Crippen molar-refractivity contribution in [3.8, 4) is 6.01 Å². The summed E-state index contributed by atoms with van der Waals surface area (Å²) in [5.74, 6) is -0.751. The second-order valence-electron chi connectivity index (χ2n) is 5.79. The van der Waals surface area contributed by atoms with Crippen LogP contribution in [0.4, 0.5) is 14.5 Å². The van der Waals surface area contributed by atoms with E-state index in [1.54, 1.807) is 12.4 Å². The van der Waals surface area contributed by atoms with Crippen molar-refractivity contribution in [2.75, 3.05) is 11.9 Å². The van der Waals surface area contributed by atoms with Gasteiger partial charge in [0, 0.05) is 24.2 Å².